The van der Waals surface area contributed by atoms with Gasteiger partial charge in [-0.15, -0.1) is 0 Å². The second kappa shape index (κ2) is 6.65. The van der Waals surface area contributed by atoms with Crippen LogP contribution in [0.2, 0.25) is 0 Å². The highest BCUT2D eigenvalue weighted by atomic mass is 32.2. The fourth-order valence-electron chi connectivity index (χ4n) is 2.74. The number of hydrogen-bond donors (Lipinski definition) is 1. The second-order valence-corrected chi connectivity index (χ2v) is 7.68. The van der Waals surface area contributed by atoms with E-state index >= 15 is 0 Å². The third-order valence-corrected chi connectivity index (χ3v) is 6.56. The zero-order chi connectivity index (χ0) is 12.1. The van der Waals surface area contributed by atoms with Crippen LogP contribution in [0.25, 0.3) is 0 Å². The molecule has 0 aromatic carbocycles. The summed E-state index contributed by atoms with van der Waals surface area (Å²) in [5.41, 5.74) is 0. The average Bonchev–Trinajstić information content (AvgIpc) is 2.77. The molecule has 0 radical (unpaired) electrons. The molecule has 1 atom stereocenters. The van der Waals surface area contributed by atoms with E-state index < -0.39 is 0 Å². The summed E-state index contributed by atoms with van der Waals surface area (Å²) in [4.78, 5) is 4.24. The average molecular weight is 253 g/mol. The van der Waals surface area contributed by atoms with Crippen molar-refractivity contribution >= 4 is 10.9 Å². The Morgan fingerprint density at radius 3 is 2.82 bits per heavy atom. The lowest BCUT2D eigenvalue weighted by molar-refractivity contribution is 0.232. The third kappa shape index (κ3) is 3.89. The molecular weight excluding hydrogens is 226 g/mol. The quantitative estimate of drug-likeness (QED) is 0.727. The van der Waals surface area contributed by atoms with Crippen molar-refractivity contribution in [2.75, 3.05) is 25.9 Å². The largest absolute Gasteiger partial charge is 0.306 e. The smallest absolute Gasteiger partial charge is 0.00188 e. The van der Waals surface area contributed by atoms with Crippen LogP contribution in [-0.2, 0) is 0 Å². The highest BCUT2D eigenvalue weighted by Gasteiger charge is 2.20. The molecule has 1 unspecified atom stereocenters. The number of allylic oxidation sites excluding steroid dienone is 3. The first-order valence-electron chi connectivity index (χ1n) is 7.12. The van der Waals surface area contributed by atoms with E-state index in [0.29, 0.717) is 0 Å². The molecule has 0 amide bonds. The lowest BCUT2D eigenvalue weighted by atomic mass is 10.00. The summed E-state index contributed by atoms with van der Waals surface area (Å²) in [6.07, 6.45) is 11.6. The lowest BCUT2D eigenvalue weighted by Gasteiger charge is -2.32. The van der Waals surface area contributed by atoms with Crippen LogP contribution in [0.5, 0.6) is 0 Å². The molecule has 2 heterocycles. The number of thiol groups is 1. The lowest BCUT2D eigenvalue weighted by Crippen LogP contribution is -2.31. The molecule has 98 valence electrons. The van der Waals surface area contributed by atoms with Gasteiger partial charge in [0.25, 0.3) is 0 Å². The summed E-state index contributed by atoms with van der Waals surface area (Å²) >= 11 is 0. The Bertz CT molecular complexity index is 287. The number of hydrogen-bond acceptors (Lipinski definition) is 1. The van der Waals surface area contributed by atoms with Crippen molar-refractivity contribution in [1.82, 2.24) is 4.90 Å². The van der Waals surface area contributed by atoms with Gasteiger partial charge in [-0.2, -0.15) is 0 Å². The molecule has 0 aliphatic carbocycles. The first kappa shape index (κ1) is 13.2. The second-order valence-electron chi connectivity index (χ2n) is 5.50. The Labute approximate surface area is 109 Å². The SMILES string of the molecule is CCCCC1=CC=C[SH]1CC1CCN(C)CC1. The van der Waals surface area contributed by atoms with Crippen LogP contribution in [-0.4, -0.2) is 30.8 Å². The number of unbranched alkanes of at least 4 members (excludes halogenated alkanes) is 1. The first-order chi connectivity index (χ1) is 8.29. The molecule has 0 aromatic heterocycles. The van der Waals surface area contributed by atoms with Crippen LogP contribution in [0.4, 0.5) is 0 Å². The number of nitrogens with zero attached hydrogens (tertiary/aromatic N) is 1. The molecule has 2 aliphatic rings. The van der Waals surface area contributed by atoms with E-state index in [2.05, 4.69) is 36.4 Å². The maximum atomic E-state index is 2.50. The Balaban J connectivity index is 1.78. The van der Waals surface area contributed by atoms with Crippen molar-refractivity contribution in [2.45, 2.75) is 39.0 Å². The van der Waals surface area contributed by atoms with Crippen LogP contribution in [0, 0.1) is 5.92 Å². The van der Waals surface area contributed by atoms with Crippen molar-refractivity contribution < 1.29 is 0 Å². The van der Waals surface area contributed by atoms with Crippen LogP contribution in [0.1, 0.15) is 39.0 Å². The minimum Gasteiger partial charge on any atom is -0.306 e. The van der Waals surface area contributed by atoms with Gasteiger partial charge in [-0.3, -0.25) is 0 Å². The van der Waals surface area contributed by atoms with Gasteiger partial charge in [-0.1, -0.05) is 25.5 Å². The molecule has 0 spiro atoms. The topological polar surface area (TPSA) is 3.24 Å². The molecule has 0 bridgehead atoms. The Kier molecular flexibility index (Phi) is 5.17. The van der Waals surface area contributed by atoms with Crippen molar-refractivity contribution in [1.29, 1.82) is 0 Å². The Morgan fingerprint density at radius 1 is 1.35 bits per heavy atom. The van der Waals surface area contributed by atoms with Gasteiger partial charge in [-0.05, 0) is 67.8 Å². The molecule has 1 nitrogen and oxygen atoms in total. The molecule has 0 aromatic rings. The number of rotatable bonds is 5. The van der Waals surface area contributed by atoms with Gasteiger partial charge in [0.05, 0.1) is 0 Å². The van der Waals surface area contributed by atoms with Crippen molar-refractivity contribution in [2.24, 2.45) is 5.92 Å². The molecule has 0 saturated carbocycles. The van der Waals surface area contributed by atoms with E-state index in [0.717, 1.165) is 5.92 Å². The van der Waals surface area contributed by atoms with Crippen molar-refractivity contribution in [3.8, 4) is 0 Å². The van der Waals surface area contributed by atoms with Gasteiger partial charge < -0.3 is 4.90 Å². The van der Waals surface area contributed by atoms with E-state index in [9.17, 15) is 0 Å². The molecule has 2 rings (SSSR count). The van der Waals surface area contributed by atoms with Gasteiger partial charge >= 0.3 is 0 Å². The first-order valence-corrected chi connectivity index (χ1v) is 8.71. The predicted molar refractivity (Wildman–Crippen MR) is 80.8 cm³/mol. The van der Waals surface area contributed by atoms with Crippen molar-refractivity contribution in [3.05, 3.63) is 22.5 Å². The molecule has 2 heteroatoms. The number of likely N-dealkylation sites (tertiary alicyclic amines) is 1. The highest BCUT2D eigenvalue weighted by Crippen LogP contribution is 2.46. The van der Waals surface area contributed by atoms with Crippen LogP contribution >= 0.6 is 10.9 Å². The standard InChI is InChI=1S/C15H27NS/c1-3-4-6-15-7-5-12-17(15)13-14-8-10-16(2)11-9-14/h5,7,12,14,17H,3-4,6,8-11,13H2,1-2H3. The van der Waals surface area contributed by atoms with E-state index in [1.807, 2.05) is 0 Å². The molecule has 17 heavy (non-hydrogen) atoms. The predicted octanol–water partition coefficient (Wildman–Crippen LogP) is 3.93. The monoisotopic (exact) mass is 253 g/mol. The van der Waals surface area contributed by atoms with Crippen LogP contribution in [0.3, 0.4) is 0 Å². The summed E-state index contributed by atoms with van der Waals surface area (Å²) in [5, 5.41) is 2.50. The fraction of sp³-hybridized carbons (Fsp3) is 0.733. The molecule has 2 aliphatic heterocycles. The zero-order valence-corrected chi connectivity index (χ0v) is 12.3. The van der Waals surface area contributed by atoms with Gasteiger partial charge in [0.1, 0.15) is 0 Å². The molecule has 1 saturated heterocycles. The van der Waals surface area contributed by atoms with Gasteiger partial charge in [0, 0.05) is 0 Å². The Morgan fingerprint density at radius 2 is 2.12 bits per heavy atom. The van der Waals surface area contributed by atoms with Gasteiger partial charge in [0.15, 0.2) is 0 Å². The summed E-state index contributed by atoms with van der Waals surface area (Å²) in [7, 11) is 2.36. The van der Waals surface area contributed by atoms with E-state index in [1.54, 1.807) is 4.91 Å². The summed E-state index contributed by atoms with van der Waals surface area (Å²) < 4.78 is 0. The minimum absolute atomic E-state index is 0.105. The van der Waals surface area contributed by atoms with E-state index in [1.165, 1.54) is 50.9 Å². The van der Waals surface area contributed by atoms with Crippen molar-refractivity contribution in [3.63, 3.8) is 0 Å². The zero-order valence-electron chi connectivity index (χ0n) is 11.4. The summed E-state index contributed by atoms with van der Waals surface area (Å²) in [6, 6.07) is 0. The molecule has 1 fully saturated rings. The summed E-state index contributed by atoms with van der Waals surface area (Å²) in [5.74, 6) is 2.46. The Hall–Kier alpha value is -0.210. The maximum Gasteiger partial charge on any atom is -0.00188 e. The number of piperidine rings is 1. The van der Waals surface area contributed by atoms with Gasteiger partial charge in [-0.25, -0.2) is 10.9 Å². The summed E-state index contributed by atoms with van der Waals surface area (Å²) in [6.45, 7) is 4.92. The highest BCUT2D eigenvalue weighted by molar-refractivity contribution is 8.23. The van der Waals surface area contributed by atoms with E-state index in [4.69, 9.17) is 0 Å². The van der Waals surface area contributed by atoms with Crippen LogP contribution in [0.15, 0.2) is 22.5 Å². The molecular formula is C15H27NS. The maximum absolute atomic E-state index is 2.50. The minimum atomic E-state index is 0.105. The van der Waals surface area contributed by atoms with Gasteiger partial charge in [0.2, 0.25) is 0 Å². The normalized spacial score (nSPS) is 28.6. The molecule has 0 N–H and O–H groups in total. The third-order valence-electron chi connectivity index (χ3n) is 4.00. The van der Waals surface area contributed by atoms with Crippen LogP contribution < -0.4 is 0 Å². The van der Waals surface area contributed by atoms with E-state index in [-0.39, 0.29) is 10.9 Å². The fourth-order valence-corrected chi connectivity index (χ4v) is 5.22.